The molecule has 1 atom stereocenters. The Bertz CT molecular complexity index is 858. The largest absolute Gasteiger partial charge is 0.497 e. The molecule has 2 heterocycles. The smallest absolute Gasteiger partial charge is 0.251 e. The first kappa shape index (κ1) is 18.4. The first-order valence-corrected chi connectivity index (χ1v) is 8.68. The number of hydrogen-bond donors (Lipinski definition) is 0. The van der Waals surface area contributed by atoms with Gasteiger partial charge in [0, 0.05) is 25.0 Å². The van der Waals surface area contributed by atoms with Crippen LogP contribution in [-0.4, -0.2) is 47.1 Å². The number of nitriles is 1. The second kappa shape index (κ2) is 8.81. The highest BCUT2D eigenvalue weighted by Gasteiger charge is 2.25. The summed E-state index contributed by atoms with van der Waals surface area (Å²) in [4.78, 5) is 22.3. The second-order valence-corrected chi connectivity index (χ2v) is 6.09. The molecule has 27 heavy (non-hydrogen) atoms. The molecular weight excluding hydrogens is 344 g/mol. The number of rotatable bonds is 5. The van der Waals surface area contributed by atoms with Crippen LogP contribution in [0.2, 0.25) is 0 Å². The predicted molar refractivity (Wildman–Crippen MR) is 99.0 cm³/mol. The number of amides is 1. The van der Waals surface area contributed by atoms with E-state index < -0.39 is 0 Å². The number of nitrogens with zero attached hydrogens (tertiary/aromatic N) is 4. The quantitative estimate of drug-likeness (QED) is 0.757. The summed E-state index contributed by atoms with van der Waals surface area (Å²) in [5, 5.41) is 9.09. The van der Waals surface area contributed by atoms with Crippen molar-refractivity contribution in [3.63, 3.8) is 0 Å². The number of methoxy groups -OCH3 is 1. The van der Waals surface area contributed by atoms with Crippen LogP contribution in [0.4, 0.5) is 0 Å². The fourth-order valence-electron chi connectivity index (χ4n) is 2.87. The van der Waals surface area contributed by atoms with Crippen molar-refractivity contribution in [2.24, 2.45) is 0 Å². The summed E-state index contributed by atoms with van der Waals surface area (Å²) in [5.41, 5.74) is 1.08. The van der Waals surface area contributed by atoms with Gasteiger partial charge in [0.25, 0.3) is 5.88 Å². The van der Waals surface area contributed by atoms with E-state index in [1.165, 1.54) is 12.4 Å². The van der Waals surface area contributed by atoms with Crippen molar-refractivity contribution in [1.82, 2.24) is 14.9 Å². The third-order valence-corrected chi connectivity index (χ3v) is 4.27. The highest BCUT2D eigenvalue weighted by Crippen LogP contribution is 2.19. The Hall–Kier alpha value is -3.40. The molecule has 0 unspecified atom stereocenters. The molecule has 3 rings (SSSR count). The third kappa shape index (κ3) is 4.82. The Kier molecular flexibility index (Phi) is 6.00. The highest BCUT2D eigenvalue weighted by molar-refractivity contribution is 5.91. The van der Waals surface area contributed by atoms with E-state index in [-0.39, 0.29) is 23.6 Å². The first-order chi connectivity index (χ1) is 13.2. The van der Waals surface area contributed by atoms with Crippen LogP contribution in [0, 0.1) is 11.3 Å². The maximum Gasteiger partial charge on any atom is 0.251 e. The number of piperidine rings is 1. The number of carbonyl (C=O) groups excluding carboxylic acids is 1. The number of aromatic nitrogens is 2. The summed E-state index contributed by atoms with van der Waals surface area (Å²) < 4.78 is 10.9. The van der Waals surface area contributed by atoms with E-state index in [9.17, 15) is 4.79 Å². The molecule has 1 aromatic carbocycles. The lowest BCUT2D eigenvalue weighted by molar-refractivity contribution is -0.128. The summed E-state index contributed by atoms with van der Waals surface area (Å²) in [5.74, 6) is 0.919. The van der Waals surface area contributed by atoms with Crippen LogP contribution in [0.3, 0.4) is 0 Å². The Morgan fingerprint density at radius 1 is 1.30 bits per heavy atom. The minimum absolute atomic E-state index is 0.0706. The van der Waals surface area contributed by atoms with Crippen LogP contribution in [0.1, 0.15) is 24.1 Å². The first-order valence-electron chi connectivity index (χ1n) is 8.68. The normalized spacial score (nSPS) is 16.7. The van der Waals surface area contributed by atoms with E-state index in [0.717, 1.165) is 24.2 Å². The van der Waals surface area contributed by atoms with E-state index in [1.54, 1.807) is 24.2 Å². The molecular formula is C20H20N4O3. The molecule has 1 amide bonds. The van der Waals surface area contributed by atoms with E-state index in [4.69, 9.17) is 14.7 Å². The molecule has 1 saturated heterocycles. The Morgan fingerprint density at radius 2 is 2.07 bits per heavy atom. The van der Waals surface area contributed by atoms with Crippen molar-refractivity contribution in [2.75, 3.05) is 20.2 Å². The SMILES string of the molecule is COc1ccc(/C=C/C(=O)N2CCC[C@@H](Oc3nccnc3C#N)C2)cc1. The molecule has 7 heteroatoms. The van der Waals surface area contributed by atoms with Gasteiger partial charge in [-0.15, -0.1) is 0 Å². The summed E-state index contributed by atoms with van der Waals surface area (Å²) in [6.07, 6.45) is 7.70. The van der Waals surface area contributed by atoms with Gasteiger partial charge in [-0.25, -0.2) is 9.97 Å². The zero-order chi connectivity index (χ0) is 19.1. The maximum atomic E-state index is 12.5. The molecule has 0 spiro atoms. The van der Waals surface area contributed by atoms with Crippen molar-refractivity contribution >= 4 is 12.0 Å². The van der Waals surface area contributed by atoms with Crippen LogP contribution in [0.5, 0.6) is 11.6 Å². The molecule has 1 aliphatic heterocycles. The molecule has 1 aliphatic rings. The predicted octanol–water partition coefficient (Wildman–Crippen LogP) is 2.44. The van der Waals surface area contributed by atoms with E-state index in [1.807, 2.05) is 30.3 Å². The summed E-state index contributed by atoms with van der Waals surface area (Å²) in [7, 11) is 1.61. The van der Waals surface area contributed by atoms with Crippen LogP contribution in [0.15, 0.2) is 42.7 Å². The van der Waals surface area contributed by atoms with Crippen molar-refractivity contribution in [3.8, 4) is 17.7 Å². The molecule has 1 aromatic heterocycles. The average molecular weight is 364 g/mol. The average Bonchev–Trinajstić information content (AvgIpc) is 2.73. The molecule has 0 radical (unpaired) electrons. The lowest BCUT2D eigenvalue weighted by Crippen LogP contribution is -2.43. The standard InChI is InChI=1S/C20H20N4O3/c1-26-16-7-4-15(5-8-16)6-9-19(25)24-12-2-3-17(14-24)27-20-18(13-21)22-10-11-23-20/h4-11,17H,2-3,12,14H2,1H3/b9-6+/t17-/m1/s1. The number of likely N-dealkylation sites (tertiary alicyclic amines) is 1. The van der Waals surface area contributed by atoms with Crippen LogP contribution < -0.4 is 9.47 Å². The van der Waals surface area contributed by atoms with E-state index >= 15 is 0 Å². The fraction of sp³-hybridized carbons (Fsp3) is 0.300. The molecule has 0 aliphatic carbocycles. The van der Waals surface area contributed by atoms with Crippen molar-refractivity contribution in [1.29, 1.82) is 5.26 Å². The van der Waals surface area contributed by atoms with Crippen molar-refractivity contribution in [2.45, 2.75) is 18.9 Å². The second-order valence-electron chi connectivity index (χ2n) is 6.09. The monoisotopic (exact) mass is 364 g/mol. The number of ether oxygens (including phenoxy) is 2. The van der Waals surface area contributed by atoms with Gasteiger partial charge in [-0.2, -0.15) is 5.26 Å². The zero-order valence-corrected chi connectivity index (χ0v) is 15.0. The van der Waals surface area contributed by atoms with Crippen LogP contribution in [-0.2, 0) is 4.79 Å². The van der Waals surface area contributed by atoms with E-state index in [0.29, 0.717) is 13.1 Å². The van der Waals surface area contributed by atoms with Gasteiger partial charge in [0.05, 0.1) is 13.7 Å². The van der Waals surface area contributed by atoms with Crippen LogP contribution >= 0.6 is 0 Å². The van der Waals surface area contributed by atoms with Gasteiger partial charge in [0.1, 0.15) is 17.9 Å². The molecule has 138 valence electrons. The van der Waals surface area contributed by atoms with Gasteiger partial charge in [-0.05, 0) is 36.6 Å². The Labute approximate surface area is 157 Å². The maximum absolute atomic E-state index is 12.5. The number of carbonyl (C=O) groups is 1. The summed E-state index contributed by atoms with van der Waals surface area (Å²) >= 11 is 0. The topological polar surface area (TPSA) is 88.3 Å². The minimum atomic E-state index is -0.208. The van der Waals surface area contributed by atoms with Crippen molar-refractivity contribution < 1.29 is 14.3 Å². The van der Waals surface area contributed by atoms with Gasteiger partial charge < -0.3 is 14.4 Å². The molecule has 0 N–H and O–H groups in total. The number of hydrogen-bond acceptors (Lipinski definition) is 6. The molecule has 0 saturated carbocycles. The van der Waals surface area contributed by atoms with Gasteiger partial charge in [-0.1, -0.05) is 12.1 Å². The lowest BCUT2D eigenvalue weighted by atomic mass is 10.1. The third-order valence-electron chi connectivity index (χ3n) is 4.27. The van der Waals surface area contributed by atoms with E-state index in [2.05, 4.69) is 9.97 Å². The Balaban J connectivity index is 1.60. The zero-order valence-electron chi connectivity index (χ0n) is 15.0. The van der Waals surface area contributed by atoms with Gasteiger partial charge >= 0.3 is 0 Å². The van der Waals surface area contributed by atoms with Gasteiger partial charge in [0.15, 0.2) is 0 Å². The van der Waals surface area contributed by atoms with Crippen molar-refractivity contribution in [3.05, 3.63) is 54.0 Å². The van der Waals surface area contributed by atoms with Crippen LogP contribution in [0.25, 0.3) is 6.08 Å². The Morgan fingerprint density at radius 3 is 2.81 bits per heavy atom. The molecule has 1 fully saturated rings. The molecule has 2 aromatic rings. The van der Waals surface area contributed by atoms with Gasteiger partial charge in [0.2, 0.25) is 11.6 Å². The van der Waals surface area contributed by atoms with Gasteiger partial charge in [-0.3, -0.25) is 4.79 Å². The minimum Gasteiger partial charge on any atom is -0.497 e. The highest BCUT2D eigenvalue weighted by atomic mass is 16.5. The lowest BCUT2D eigenvalue weighted by Gasteiger charge is -2.32. The number of benzene rings is 1. The summed E-state index contributed by atoms with van der Waals surface area (Å²) in [6, 6.07) is 9.45. The molecule has 7 nitrogen and oxygen atoms in total. The summed E-state index contributed by atoms with van der Waals surface area (Å²) in [6.45, 7) is 1.13. The molecule has 0 bridgehead atoms. The fourth-order valence-corrected chi connectivity index (χ4v) is 2.87.